The van der Waals surface area contributed by atoms with Gasteiger partial charge in [0.15, 0.2) is 0 Å². The van der Waals surface area contributed by atoms with Crippen molar-refractivity contribution in [1.29, 1.82) is 0 Å². The van der Waals surface area contributed by atoms with Crippen molar-refractivity contribution in [3.05, 3.63) is 46.8 Å². The third-order valence-corrected chi connectivity index (χ3v) is 4.67. The lowest BCUT2D eigenvalue weighted by atomic mass is 10.0. The Morgan fingerprint density at radius 2 is 1.89 bits per heavy atom. The molecule has 19 heavy (non-hydrogen) atoms. The molecular weight excluding hydrogens is 250 g/mol. The van der Waals surface area contributed by atoms with Crippen molar-refractivity contribution in [1.82, 2.24) is 5.32 Å². The highest BCUT2D eigenvalue weighted by Crippen LogP contribution is 2.33. The van der Waals surface area contributed by atoms with Gasteiger partial charge in [-0.1, -0.05) is 44.5 Å². The molecule has 0 amide bonds. The summed E-state index contributed by atoms with van der Waals surface area (Å²) in [5.41, 5.74) is 2.87. The smallest absolute Gasteiger partial charge is 0.0386 e. The number of hydrogen-bond donors (Lipinski definition) is 1. The van der Waals surface area contributed by atoms with E-state index in [0.29, 0.717) is 6.04 Å². The first-order chi connectivity index (χ1) is 9.26. The second-order valence-corrected chi connectivity index (χ2v) is 6.00. The Kier molecular flexibility index (Phi) is 5.17. The minimum Gasteiger partial charge on any atom is -0.310 e. The van der Waals surface area contributed by atoms with E-state index >= 15 is 0 Å². The first kappa shape index (κ1) is 14.3. The van der Waals surface area contributed by atoms with Crippen molar-refractivity contribution in [3.8, 4) is 10.4 Å². The fourth-order valence-electron chi connectivity index (χ4n) is 2.39. The van der Waals surface area contributed by atoms with Crippen LogP contribution in [0.3, 0.4) is 0 Å². The van der Waals surface area contributed by atoms with Crippen molar-refractivity contribution >= 4 is 11.3 Å². The molecule has 1 atom stereocenters. The molecule has 0 aliphatic rings. The van der Waals surface area contributed by atoms with E-state index in [9.17, 15) is 0 Å². The van der Waals surface area contributed by atoms with E-state index < -0.39 is 0 Å². The maximum Gasteiger partial charge on any atom is 0.0386 e. The molecule has 0 saturated heterocycles. The van der Waals surface area contributed by atoms with Crippen molar-refractivity contribution in [2.24, 2.45) is 0 Å². The molecule has 1 aromatic carbocycles. The molecule has 0 spiro atoms. The maximum absolute atomic E-state index is 3.48. The van der Waals surface area contributed by atoms with E-state index in [1.807, 2.05) is 11.3 Å². The van der Waals surface area contributed by atoms with Gasteiger partial charge in [0, 0.05) is 15.8 Å². The normalized spacial score (nSPS) is 12.6. The molecule has 0 radical (unpaired) electrons. The van der Waals surface area contributed by atoms with Crippen LogP contribution in [0.15, 0.2) is 36.4 Å². The van der Waals surface area contributed by atoms with E-state index in [4.69, 9.17) is 0 Å². The zero-order chi connectivity index (χ0) is 13.7. The average molecular weight is 273 g/mol. The number of aryl methyl sites for hydroxylation is 1. The predicted molar refractivity (Wildman–Crippen MR) is 85.8 cm³/mol. The largest absolute Gasteiger partial charge is 0.310 e. The summed E-state index contributed by atoms with van der Waals surface area (Å²) in [6.45, 7) is 7.64. The van der Waals surface area contributed by atoms with Crippen LogP contribution < -0.4 is 5.32 Å². The van der Waals surface area contributed by atoms with Crippen LogP contribution in [-0.2, 0) is 6.42 Å². The Labute approximate surface area is 120 Å². The van der Waals surface area contributed by atoms with Gasteiger partial charge in [-0.15, -0.1) is 11.3 Å². The zero-order valence-corrected chi connectivity index (χ0v) is 12.9. The van der Waals surface area contributed by atoms with Gasteiger partial charge in [0.2, 0.25) is 0 Å². The molecule has 1 N–H and O–H groups in total. The van der Waals surface area contributed by atoms with E-state index in [1.165, 1.54) is 27.3 Å². The highest BCUT2D eigenvalue weighted by molar-refractivity contribution is 7.15. The number of benzene rings is 1. The fraction of sp³-hybridized carbons (Fsp3) is 0.412. The number of thiophene rings is 1. The first-order valence-electron chi connectivity index (χ1n) is 7.17. The van der Waals surface area contributed by atoms with Gasteiger partial charge in [0.1, 0.15) is 0 Å². The van der Waals surface area contributed by atoms with Crippen LogP contribution in [0, 0.1) is 0 Å². The van der Waals surface area contributed by atoms with Crippen LogP contribution in [-0.4, -0.2) is 6.54 Å². The van der Waals surface area contributed by atoms with Crippen LogP contribution >= 0.6 is 11.3 Å². The van der Waals surface area contributed by atoms with Gasteiger partial charge in [0.05, 0.1) is 0 Å². The van der Waals surface area contributed by atoms with Crippen molar-refractivity contribution in [2.75, 3.05) is 6.54 Å². The summed E-state index contributed by atoms with van der Waals surface area (Å²) in [7, 11) is 0. The highest BCUT2D eigenvalue weighted by atomic mass is 32.1. The summed E-state index contributed by atoms with van der Waals surface area (Å²) in [6.07, 6.45) is 2.36. The van der Waals surface area contributed by atoms with E-state index in [0.717, 1.165) is 13.0 Å². The molecule has 0 aliphatic carbocycles. The van der Waals surface area contributed by atoms with Crippen LogP contribution in [0.5, 0.6) is 0 Å². The topological polar surface area (TPSA) is 12.0 Å². The van der Waals surface area contributed by atoms with Gasteiger partial charge < -0.3 is 5.32 Å². The Morgan fingerprint density at radius 1 is 1.11 bits per heavy atom. The quantitative estimate of drug-likeness (QED) is 0.777. The van der Waals surface area contributed by atoms with Crippen molar-refractivity contribution < 1.29 is 0 Å². The lowest BCUT2D eigenvalue weighted by Gasteiger charge is -2.09. The molecule has 102 valence electrons. The summed E-state index contributed by atoms with van der Waals surface area (Å²) >= 11 is 1.91. The van der Waals surface area contributed by atoms with Crippen LogP contribution in [0.1, 0.15) is 43.7 Å². The summed E-state index contributed by atoms with van der Waals surface area (Å²) in [5.74, 6) is 0. The maximum atomic E-state index is 3.48. The third-order valence-electron chi connectivity index (χ3n) is 3.37. The molecule has 2 heteroatoms. The van der Waals surface area contributed by atoms with Crippen molar-refractivity contribution in [2.45, 2.75) is 39.7 Å². The first-order valence-corrected chi connectivity index (χ1v) is 7.99. The summed E-state index contributed by atoms with van der Waals surface area (Å²) in [6, 6.07) is 13.8. The summed E-state index contributed by atoms with van der Waals surface area (Å²) in [5, 5.41) is 3.48. The molecule has 1 unspecified atom stereocenters. The molecule has 2 rings (SSSR count). The average Bonchev–Trinajstić information content (AvgIpc) is 2.90. The fourth-order valence-corrected chi connectivity index (χ4v) is 3.48. The molecule has 1 nitrogen and oxygen atoms in total. The molecule has 2 aromatic rings. The SMILES string of the molecule is CCCc1ccccc1-c1ccc(C(C)NCC)s1. The molecule has 0 aliphatic heterocycles. The van der Waals surface area contributed by atoms with Gasteiger partial charge in [-0.25, -0.2) is 0 Å². The third kappa shape index (κ3) is 3.46. The minimum absolute atomic E-state index is 0.446. The van der Waals surface area contributed by atoms with E-state index in [2.05, 4.69) is 62.5 Å². The summed E-state index contributed by atoms with van der Waals surface area (Å²) in [4.78, 5) is 2.81. The highest BCUT2D eigenvalue weighted by Gasteiger charge is 2.10. The van der Waals surface area contributed by atoms with E-state index in [-0.39, 0.29) is 0 Å². The van der Waals surface area contributed by atoms with E-state index in [1.54, 1.807) is 0 Å². The second-order valence-electron chi connectivity index (χ2n) is 4.89. The standard InChI is InChI=1S/C17H23NS/c1-4-8-14-9-6-7-10-15(14)17-12-11-16(19-17)13(3)18-5-2/h6-7,9-13,18H,4-5,8H2,1-3H3. The van der Waals surface area contributed by atoms with Crippen LogP contribution in [0.2, 0.25) is 0 Å². The lowest BCUT2D eigenvalue weighted by Crippen LogP contribution is -2.16. The molecule has 1 heterocycles. The van der Waals surface area contributed by atoms with Gasteiger partial charge in [-0.05, 0) is 43.1 Å². The Balaban J connectivity index is 2.27. The van der Waals surface area contributed by atoms with Gasteiger partial charge in [0.25, 0.3) is 0 Å². The van der Waals surface area contributed by atoms with Crippen molar-refractivity contribution in [3.63, 3.8) is 0 Å². The summed E-state index contributed by atoms with van der Waals surface area (Å²) < 4.78 is 0. The second kappa shape index (κ2) is 6.88. The monoisotopic (exact) mass is 273 g/mol. The minimum atomic E-state index is 0.446. The molecule has 0 saturated carbocycles. The van der Waals surface area contributed by atoms with Gasteiger partial charge in [-0.3, -0.25) is 0 Å². The van der Waals surface area contributed by atoms with Crippen LogP contribution in [0.25, 0.3) is 10.4 Å². The Bertz CT molecular complexity index is 515. The number of rotatable bonds is 6. The molecule has 1 aromatic heterocycles. The molecule has 0 bridgehead atoms. The molecular formula is C17H23NS. The number of hydrogen-bond acceptors (Lipinski definition) is 2. The predicted octanol–water partition coefficient (Wildman–Crippen LogP) is 5.04. The lowest BCUT2D eigenvalue weighted by molar-refractivity contribution is 0.607. The van der Waals surface area contributed by atoms with Gasteiger partial charge in [-0.2, -0.15) is 0 Å². The number of nitrogens with one attached hydrogen (secondary N) is 1. The zero-order valence-electron chi connectivity index (χ0n) is 12.1. The Hall–Kier alpha value is -1.12. The van der Waals surface area contributed by atoms with Crippen LogP contribution in [0.4, 0.5) is 0 Å². The Morgan fingerprint density at radius 3 is 2.63 bits per heavy atom. The molecule has 0 fully saturated rings. The van der Waals surface area contributed by atoms with Gasteiger partial charge >= 0.3 is 0 Å².